The zero-order valence-corrected chi connectivity index (χ0v) is 11.1. The maximum atomic E-state index is 12.5. The molecule has 0 fully saturated rings. The first-order valence-corrected chi connectivity index (χ1v) is 5.91. The molecule has 2 N–H and O–H groups in total. The molecule has 1 rings (SSSR count). The standard InChI is InChI=1S/C11H13F3N4O3/c1-2-3-17(6-11(12,13)14)10(19)8-4-7(18(20)21)5-16-9(8)15/h4-5H,2-3,6H2,1H3,(H2,15,16). The first-order chi connectivity index (χ1) is 9.65. The van der Waals surface area contributed by atoms with Gasteiger partial charge < -0.3 is 10.6 Å². The van der Waals surface area contributed by atoms with Crippen LogP contribution in [0.15, 0.2) is 12.3 Å². The second-order valence-corrected chi connectivity index (χ2v) is 4.23. The highest BCUT2D eigenvalue weighted by molar-refractivity contribution is 5.98. The fraction of sp³-hybridized carbons (Fsp3) is 0.455. The monoisotopic (exact) mass is 306 g/mol. The van der Waals surface area contributed by atoms with E-state index in [0.717, 1.165) is 12.3 Å². The Labute approximate surface area is 117 Å². The molecule has 0 bridgehead atoms. The number of rotatable bonds is 5. The van der Waals surface area contributed by atoms with Gasteiger partial charge in [-0.15, -0.1) is 0 Å². The van der Waals surface area contributed by atoms with Crippen LogP contribution in [0.25, 0.3) is 0 Å². The maximum absolute atomic E-state index is 12.5. The number of carbonyl (C=O) groups is 1. The number of anilines is 1. The van der Waals surface area contributed by atoms with Crippen LogP contribution in [0.1, 0.15) is 23.7 Å². The van der Waals surface area contributed by atoms with Gasteiger partial charge in [-0.2, -0.15) is 13.2 Å². The average molecular weight is 306 g/mol. The Hall–Kier alpha value is -2.39. The highest BCUT2D eigenvalue weighted by atomic mass is 19.4. The molecule has 0 saturated heterocycles. The predicted molar refractivity (Wildman–Crippen MR) is 67.6 cm³/mol. The van der Waals surface area contributed by atoms with Crippen LogP contribution >= 0.6 is 0 Å². The van der Waals surface area contributed by atoms with Crippen LogP contribution in [0, 0.1) is 10.1 Å². The first-order valence-electron chi connectivity index (χ1n) is 5.91. The van der Waals surface area contributed by atoms with Gasteiger partial charge in [-0.05, 0) is 6.42 Å². The third-order valence-electron chi connectivity index (χ3n) is 2.50. The van der Waals surface area contributed by atoms with Crippen LogP contribution < -0.4 is 5.73 Å². The molecule has 0 aromatic carbocycles. The van der Waals surface area contributed by atoms with Gasteiger partial charge in [0, 0.05) is 12.6 Å². The minimum Gasteiger partial charge on any atom is -0.383 e. The molecule has 7 nitrogen and oxygen atoms in total. The van der Waals surface area contributed by atoms with E-state index in [4.69, 9.17) is 5.73 Å². The van der Waals surface area contributed by atoms with Crippen LogP contribution in [-0.2, 0) is 0 Å². The van der Waals surface area contributed by atoms with Crippen LogP contribution in [-0.4, -0.2) is 40.0 Å². The van der Waals surface area contributed by atoms with Crippen molar-refractivity contribution in [2.45, 2.75) is 19.5 Å². The molecule has 0 spiro atoms. The maximum Gasteiger partial charge on any atom is 0.406 e. The summed E-state index contributed by atoms with van der Waals surface area (Å²) in [4.78, 5) is 25.9. The zero-order chi connectivity index (χ0) is 16.2. The number of alkyl halides is 3. The van der Waals surface area contributed by atoms with E-state index >= 15 is 0 Å². The Bertz CT molecular complexity index is 548. The number of aromatic nitrogens is 1. The molecule has 0 unspecified atom stereocenters. The smallest absolute Gasteiger partial charge is 0.383 e. The predicted octanol–water partition coefficient (Wildman–Crippen LogP) is 1.99. The number of nitrogens with zero attached hydrogens (tertiary/aromatic N) is 3. The van der Waals surface area contributed by atoms with Crippen molar-refractivity contribution in [2.75, 3.05) is 18.8 Å². The Balaban J connectivity index is 3.13. The summed E-state index contributed by atoms with van der Waals surface area (Å²) in [6, 6.07) is 0.823. The Morgan fingerprint density at radius 1 is 1.52 bits per heavy atom. The second-order valence-electron chi connectivity index (χ2n) is 4.23. The normalized spacial score (nSPS) is 11.2. The number of nitrogens with two attached hydrogens (primary N) is 1. The fourth-order valence-corrected chi connectivity index (χ4v) is 1.64. The van der Waals surface area contributed by atoms with E-state index in [0.29, 0.717) is 11.3 Å². The van der Waals surface area contributed by atoms with E-state index in [-0.39, 0.29) is 12.4 Å². The minimum absolute atomic E-state index is 0.152. The molecule has 0 aliphatic rings. The molecule has 1 amide bonds. The summed E-state index contributed by atoms with van der Waals surface area (Å²) in [6.07, 6.45) is -3.45. The highest BCUT2D eigenvalue weighted by Gasteiger charge is 2.34. The molecular formula is C11H13F3N4O3. The topological polar surface area (TPSA) is 102 Å². The first kappa shape index (κ1) is 16.7. The summed E-state index contributed by atoms with van der Waals surface area (Å²) in [6.45, 7) is -0.00597. The van der Waals surface area contributed by atoms with E-state index in [9.17, 15) is 28.1 Å². The lowest BCUT2D eigenvalue weighted by atomic mass is 10.2. The molecule has 0 saturated carbocycles. The van der Waals surface area contributed by atoms with Crippen molar-refractivity contribution in [2.24, 2.45) is 0 Å². The molecular weight excluding hydrogens is 293 g/mol. The quantitative estimate of drug-likeness (QED) is 0.662. The molecule has 21 heavy (non-hydrogen) atoms. The summed E-state index contributed by atoms with van der Waals surface area (Å²) < 4.78 is 37.4. The fourth-order valence-electron chi connectivity index (χ4n) is 1.64. The highest BCUT2D eigenvalue weighted by Crippen LogP contribution is 2.22. The molecule has 10 heteroatoms. The summed E-state index contributed by atoms with van der Waals surface area (Å²) in [5.74, 6) is -1.39. The number of amides is 1. The van der Waals surface area contributed by atoms with Gasteiger partial charge in [-0.25, -0.2) is 4.98 Å². The van der Waals surface area contributed by atoms with Crippen molar-refractivity contribution in [1.82, 2.24) is 9.88 Å². The lowest BCUT2D eigenvalue weighted by molar-refractivity contribution is -0.385. The molecule has 1 aromatic rings. The summed E-state index contributed by atoms with van der Waals surface area (Å²) in [7, 11) is 0. The lowest BCUT2D eigenvalue weighted by Crippen LogP contribution is -2.39. The largest absolute Gasteiger partial charge is 0.406 e. The average Bonchev–Trinajstić information content (AvgIpc) is 2.36. The summed E-state index contributed by atoms with van der Waals surface area (Å²) >= 11 is 0. The van der Waals surface area contributed by atoms with Crippen molar-refractivity contribution >= 4 is 17.4 Å². The van der Waals surface area contributed by atoms with Crippen molar-refractivity contribution in [1.29, 1.82) is 0 Å². The summed E-state index contributed by atoms with van der Waals surface area (Å²) in [5, 5.41) is 10.6. The van der Waals surface area contributed by atoms with Crippen molar-refractivity contribution in [3.8, 4) is 0 Å². The minimum atomic E-state index is -4.58. The third kappa shape index (κ3) is 4.58. The van der Waals surface area contributed by atoms with Crippen LogP contribution in [0.5, 0.6) is 0 Å². The number of nitrogen functional groups attached to an aromatic ring is 1. The molecule has 0 aliphatic heterocycles. The van der Waals surface area contributed by atoms with E-state index in [1.807, 2.05) is 0 Å². The van der Waals surface area contributed by atoms with Gasteiger partial charge in [0.05, 0.1) is 10.5 Å². The van der Waals surface area contributed by atoms with Gasteiger partial charge in [0.1, 0.15) is 18.6 Å². The van der Waals surface area contributed by atoms with Crippen LogP contribution in [0.2, 0.25) is 0 Å². The number of hydrogen-bond donors (Lipinski definition) is 1. The van der Waals surface area contributed by atoms with E-state index in [1.54, 1.807) is 6.92 Å². The third-order valence-corrected chi connectivity index (χ3v) is 2.50. The molecule has 0 radical (unpaired) electrons. The van der Waals surface area contributed by atoms with Gasteiger partial charge in [-0.1, -0.05) is 6.92 Å². The molecule has 116 valence electrons. The van der Waals surface area contributed by atoms with E-state index in [1.165, 1.54) is 0 Å². The molecule has 0 aliphatic carbocycles. The Morgan fingerprint density at radius 2 is 2.14 bits per heavy atom. The van der Waals surface area contributed by atoms with Crippen molar-refractivity contribution in [3.63, 3.8) is 0 Å². The molecule has 1 aromatic heterocycles. The summed E-state index contributed by atoms with van der Waals surface area (Å²) in [5.41, 5.74) is 4.49. The van der Waals surface area contributed by atoms with Gasteiger partial charge in [0.2, 0.25) is 0 Å². The van der Waals surface area contributed by atoms with Crippen LogP contribution in [0.4, 0.5) is 24.7 Å². The van der Waals surface area contributed by atoms with Gasteiger partial charge in [0.25, 0.3) is 11.6 Å². The number of pyridine rings is 1. The number of nitro groups is 1. The lowest BCUT2D eigenvalue weighted by Gasteiger charge is -2.23. The van der Waals surface area contributed by atoms with Gasteiger partial charge in [0.15, 0.2) is 0 Å². The number of carbonyl (C=O) groups excluding carboxylic acids is 1. The van der Waals surface area contributed by atoms with Crippen molar-refractivity contribution in [3.05, 3.63) is 27.9 Å². The van der Waals surface area contributed by atoms with Crippen LogP contribution in [0.3, 0.4) is 0 Å². The van der Waals surface area contributed by atoms with Crippen molar-refractivity contribution < 1.29 is 22.9 Å². The van der Waals surface area contributed by atoms with E-state index < -0.39 is 34.8 Å². The SMILES string of the molecule is CCCN(CC(F)(F)F)C(=O)c1cc([N+](=O)[O-])cnc1N. The molecule has 0 atom stereocenters. The van der Waals surface area contributed by atoms with Gasteiger partial charge >= 0.3 is 6.18 Å². The zero-order valence-electron chi connectivity index (χ0n) is 11.1. The Kier molecular flexibility index (Phi) is 5.06. The second kappa shape index (κ2) is 6.37. The van der Waals surface area contributed by atoms with Gasteiger partial charge in [-0.3, -0.25) is 14.9 Å². The van der Waals surface area contributed by atoms with E-state index in [2.05, 4.69) is 4.98 Å². The number of hydrogen-bond acceptors (Lipinski definition) is 5. The Morgan fingerprint density at radius 3 is 2.62 bits per heavy atom. The molecule has 1 heterocycles. The number of halogens is 3.